The lowest BCUT2D eigenvalue weighted by Crippen LogP contribution is -2.26. The van der Waals surface area contributed by atoms with Crippen LogP contribution in [-0.4, -0.2) is 35.6 Å². The number of rotatable bonds is 8. The monoisotopic (exact) mass is 388 g/mol. The van der Waals surface area contributed by atoms with Gasteiger partial charge in [-0.1, -0.05) is 42.5 Å². The second-order valence-electron chi connectivity index (χ2n) is 7.10. The van der Waals surface area contributed by atoms with Crippen LogP contribution in [0.1, 0.15) is 28.9 Å². The Morgan fingerprint density at radius 2 is 1.90 bits per heavy atom. The van der Waals surface area contributed by atoms with Crippen LogP contribution in [0.3, 0.4) is 0 Å². The van der Waals surface area contributed by atoms with Crippen molar-refractivity contribution in [2.24, 2.45) is 0 Å². The molecule has 29 heavy (non-hydrogen) atoms. The molecule has 0 saturated heterocycles. The van der Waals surface area contributed by atoms with Gasteiger partial charge in [0.05, 0.1) is 7.11 Å². The average molecular weight is 388 g/mol. The van der Waals surface area contributed by atoms with Gasteiger partial charge in [-0.05, 0) is 37.0 Å². The highest BCUT2D eigenvalue weighted by atomic mass is 16.5. The van der Waals surface area contributed by atoms with Crippen LogP contribution in [0.5, 0.6) is 5.75 Å². The zero-order valence-corrected chi connectivity index (χ0v) is 16.4. The van der Waals surface area contributed by atoms with Crippen LogP contribution in [0.25, 0.3) is 11.4 Å². The van der Waals surface area contributed by atoms with E-state index >= 15 is 0 Å². The fraction of sp³-hybridized carbons (Fsp3) is 0.261. The molecule has 2 N–H and O–H groups in total. The third-order valence-electron chi connectivity index (χ3n) is 4.76. The molecule has 6 nitrogen and oxygen atoms in total. The van der Waals surface area contributed by atoms with Crippen LogP contribution < -0.4 is 15.4 Å². The maximum absolute atomic E-state index is 12.6. The van der Waals surface area contributed by atoms with Gasteiger partial charge in [0.25, 0.3) is 5.91 Å². The van der Waals surface area contributed by atoms with Crippen molar-refractivity contribution < 1.29 is 9.53 Å². The first-order chi connectivity index (χ1) is 14.2. The van der Waals surface area contributed by atoms with E-state index in [9.17, 15) is 4.79 Å². The maximum atomic E-state index is 12.6. The Kier molecular flexibility index (Phi) is 5.70. The zero-order chi connectivity index (χ0) is 20.1. The number of ether oxygens (including phenoxy) is 1. The number of methoxy groups -OCH3 is 1. The molecule has 0 aliphatic heterocycles. The highest BCUT2D eigenvalue weighted by Crippen LogP contribution is 2.21. The van der Waals surface area contributed by atoms with Gasteiger partial charge in [0.1, 0.15) is 17.3 Å². The lowest BCUT2D eigenvalue weighted by atomic mass is 10.1. The summed E-state index contributed by atoms with van der Waals surface area (Å²) in [6.45, 7) is 0.683. The van der Waals surface area contributed by atoms with E-state index in [2.05, 4.69) is 26.7 Å². The van der Waals surface area contributed by atoms with Crippen molar-refractivity contribution in [1.29, 1.82) is 0 Å². The molecule has 1 amide bonds. The standard InChI is InChI=1S/C23H24N4O2/c1-29-19-9-5-6-16(14-19)12-13-24-21-15-20(23(28)25-18-10-11-18)26-22(27-21)17-7-3-2-4-8-17/h2-9,14-15,18H,10-13H2,1H3,(H,25,28)(H,24,26,27). The fourth-order valence-electron chi connectivity index (χ4n) is 3.02. The minimum absolute atomic E-state index is 0.150. The highest BCUT2D eigenvalue weighted by Gasteiger charge is 2.25. The SMILES string of the molecule is COc1cccc(CCNc2cc(C(=O)NC3CC3)nc(-c3ccccc3)n2)c1. The van der Waals surface area contributed by atoms with Crippen LogP contribution in [-0.2, 0) is 6.42 Å². The third-order valence-corrected chi connectivity index (χ3v) is 4.76. The van der Waals surface area contributed by atoms with E-state index in [0.29, 0.717) is 23.9 Å². The van der Waals surface area contributed by atoms with E-state index in [1.807, 2.05) is 48.5 Å². The van der Waals surface area contributed by atoms with Gasteiger partial charge in [-0.25, -0.2) is 9.97 Å². The smallest absolute Gasteiger partial charge is 0.270 e. The fourth-order valence-corrected chi connectivity index (χ4v) is 3.02. The van der Waals surface area contributed by atoms with Crippen molar-refractivity contribution in [3.63, 3.8) is 0 Å². The Hall–Kier alpha value is -3.41. The van der Waals surface area contributed by atoms with Crippen LogP contribution in [0.4, 0.5) is 5.82 Å². The van der Waals surface area contributed by atoms with Crippen molar-refractivity contribution in [3.05, 3.63) is 71.9 Å². The quantitative estimate of drug-likeness (QED) is 0.615. The van der Waals surface area contributed by atoms with E-state index in [1.54, 1.807) is 13.2 Å². The molecule has 4 rings (SSSR count). The Balaban J connectivity index is 1.52. The molecule has 1 aromatic heterocycles. The summed E-state index contributed by atoms with van der Waals surface area (Å²) in [7, 11) is 1.66. The summed E-state index contributed by atoms with van der Waals surface area (Å²) in [6.07, 6.45) is 2.88. The second-order valence-corrected chi connectivity index (χ2v) is 7.10. The molecule has 1 heterocycles. The topological polar surface area (TPSA) is 76.1 Å². The second kappa shape index (κ2) is 8.73. The van der Waals surface area contributed by atoms with Crippen molar-refractivity contribution in [2.45, 2.75) is 25.3 Å². The Morgan fingerprint density at radius 3 is 2.66 bits per heavy atom. The summed E-state index contributed by atoms with van der Waals surface area (Å²) in [6, 6.07) is 19.7. The van der Waals surface area contributed by atoms with Crippen LogP contribution in [0.15, 0.2) is 60.7 Å². The minimum atomic E-state index is -0.150. The molecule has 1 saturated carbocycles. The van der Waals surface area contributed by atoms with Gasteiger partial charge in [0.15, 0.2) is 5.82 Å². The molecule has 0 spiro atoms. The Bertz CT molecular complexity index is 987. The Morgan fingerprint density at radius 1 is 1.07 bits per heavy atom. The van der Waals surface area contributed by atoms with Gasteiger partial charge in [-0.2, -0.15) is 0 Å². The number of benzene rings is 2. The molecule has 2 aromatic carbocycles. The predicted octanol–water partition coefficient (Wildman–Crippen LogP) is 3.70. The molecule has 0 atom stereocenters. The van der Waals surface area contributed by atoms with Crippen LogP contribution in [0, 0.1) is 0 Å². The van der Waals surface area contributed by atoms with Crippen molar-refractivity contribution in [2.75, 3.05) is 19.0 Å². The number of carbonyl (C=O) groups is 1. The summed E-state index contributed by atoms with van der Waals surface area (Å²) >= 11 is 0. The summed E-state index contributed by atoms with van der Waals surface area (Å²) in [5.74, 6) is 1.87. The summed E-state index contributed by atoms with van der Waals surface area (Å²) in [5.41, 5.74) is 2.43. The molecule has 1 aliphatic carbocycles. The number of hydrogen-bond acceptors (Lipinski definition) is 5. The number of anilines is 1. The largest absolute Gasteiger partial charge is 0.497 e. The van der Waals surface area contributed by atoms with Crippen molar-refractivity contribution in [3.8, 4) is 17.1 Å². The molecule has 1 fully saturated rings. The van der Waals surface area contributed by atoms with Gasteiger partial charge in [-0.15, -0.1) is 0 Å². The molecule has 6 heteroatoms. The molecular weight excluding hydrogens is 364 g/mol. The van der Waals surface area contributed by atoms with Gasteiger partial charge < -0.3 is 15.4 Å². The van der Waals surface area contributed by atoms with Crippen LogP contribution >= 0.6 is 0 Å². The normalized spacial score (nSPS) is 13.0. The summed E-state index contributed by atoms with van der Waals surface area (Å²) in [5, 5.41) is 6.33. The summed E-state index contributed by atoms with van der Waals surface area (Å²) < 4.78 is 5.28. The van der Waals surface area contributed by atoms with E-state index < -0.39 is 0 Å². The molecule has 0 bridgehead atoms. The molecule has 148 valence electrons. The van der Waals surface area contributed by atoms with E-state index in [1.165, 1.54) is 5.56 Å². The molecule has 0 radical (unpaired) electrons. The predicted molar refractivity (Wildman–Crippen MR) is 113 cm³/mol. The first-order valence-corrected chi connectivity index (χ1v) is 9.83. The number of aromatic nitrogens is 2. The van der Waals surface area contributed by atoms with Crippen molar-refractivity contribution >= 4 is 11.7 Å². The van der Waals surface area contributed by atoms with Gasteiger partial charge in [0, 0.05) is 24.2 Å². The van der Waals surface area contributed by atoms with E-state index in [-0.39, 0.29) is 11.9 Å². The Labute approximate surface area is 170 Å². The molecule has 0 unspecified atom stereocenters. The first kappa shape index (κ1) is 18.9. The first-order valence-electron chi connectivity index (χ1n) is 9.83. The third kappa shape index (κ3) is 5.10. The minimum Gasteiger partial charge on any atom is -0.497 e. The van der Waals surface area contributed by atoms with E-state index in [4.69, 9.17) is 4.74 Å². The molecular formula is C23H24N4O2. The maximum Gasteiger partial charge on any atom is 0.270 e. The lowest BCUT2D eigenvalue weighted by Gasteiger charge is -2.11. The number of carbonyl (C=O) groups excluding carboxylic acids is 1. The number of hydrogen-bond donors (Lipinski definition) is 2. The lowest BCUT2D eigenvalue weighted by molar-refractivity contribution is 0.0946. The van der Waals surface area contributed by atoms with Gasteiger partial charge in [-0.3, -0.25) is 4.79 Å². The molecule has 3 aromatic rings. The summed E-state index contributed by atoms with van der Waals surface area (Å²) in [4.78, 5) is 21.7. The van der Waals surface area contributed by atoms with Crippen LogP contribution in [0.2, 0.25) is 0 Å². The van der Waals surface area contributed by atoms with Gasteiger partial charge >= 0.3 is 0 Å². The number of nitrogens with zero attached hydrogens (tertiary/aromatic N) is 2. The highest BCUT2D eigenvalue weighted by molar-refractivity contribution is 5.93. The zero-order valence-electron chi connectivity index (χ0n) is 16.4. The number of amides is 1. The van der Waals surface area contributed by atoms with E-state index in [0.717, 1.165) is 30.6 Å². The number of nitrogens with one attached hydrogen (secondary N) is 2. The molecule has 1 aliphatic rings. The average Bonchev–Trinajstić information content (AvgIpc) is 3.58. The van der Waals surface area contributed by atoms with Gasteiger partial charge in [0.2, 0.25) is 0 Å². The van der Waals surface area contributed by atoms with Crippen molar-refractivity contribution in [1.82, 2.24) is 15.3 Å².